The van der Waals surface area contributed by atoms with Crippen LogP contribution in [0.4, 0.5) is 0 Å². The second-order valence-electron chi connectivity index (χ2n) is 6.64. The number of fused-ring (bicyclic) bond motifs is 2. The van der Waals surface area contributed by atoms with Gasteiger partial charge in [-0.15, -0.1) is 0 Å². The van der Waals surface area contributed by atoms with Crippen molar-refractivity contribution in [3.05, 3.63) is 109 Å². The molecule has 5 aromatic carbocycles. The highest BCUT2D eigenvalue weighted by Gasteiger charge is 2.09. The van der Waals surface area contributed by atoms with Crippen molar-refractivity contribution in [2.24, 2.45) is 0 Å². The third kappa shape index (κ3) is 3.30. The minimum absolute atomic E-state index is 1.25. The van der Waals surface area contributed by atoms with Crippen molar-refractivity contribution in [1.29, 1.82) is 0 Å². The van der Waals surface area contributed by atoms with Gasteiger partial charge >= 0.3 is 0 Å². The Bertz CT molecular complexity index is 1150. The molecule has 0 aliphatic carbocycles. The maximum atomic E-state index is 2.28. The van der Waals surface area contributed by atoms with Crippen LogP contribution in [0.25, 0.3) is 43.8 Å². The Morgan fingerprint density at radius 1 is 0.393 bits per heavy atom. The molecular formula is C28H24. The predicted octanol–water partition coefficient (Wildman–Crippen LogP) is 8.35. The molecule has 0 spiro atoms. The standard InChI is InChI=1S/C26H18.C2H6/c1-2-8-19(9-3-1)20-14-16-21(17-15-20)26-24-12-6-4-10-22(24)18-23-11-5-7-13-25(23)26;1-2/h1-18H;1-2H3. The van der Waals surface area contributed by atoms with Crippen molar-refractivity contribution in [2.45, 2.75) is 13.8 Å². The topological polar surface area (TPSA) is 0 Å². The maximum Gasteiger partial charge on any atom is -0.00268 e. The molecule has 5 rings (SSSR count). The SMILES string of the molecule is CC.c1ccc(-c2ccc(-c3c4ccccc4cc4ccccc34)cc2)cc1. The zero-order chi connectivity index (χ0) is 19.3. The van der Waals surface area contributed by atoms with Crippen LogP contribution in [0.1, 0.15) is 13.8 Å². The molecule has 0 fully saturated rings. The highest BCUT2D eigenvalue weighted by Crippen LogP contribution is 2.37. The van der Waals surface area contributed by atoms with Gasteiger partial charge in [-0.25, -0.2) is 0 Å². The van der Waals surface area contributed by atoms with E-state index in [9.17, 15) is 0 Å². The molecule has 28 heavy (non-hydrogen) atoms. The second kappa shape index (κ2) is 8.10. The molecule has 0 amide bonds. The van der Waals surface area contributed by atoms with Crippen LogP contribution in [0.5, 0.6) is 0 Å². The van der Waals surface area contributed by atoms with Crippen molar-refractivity contribution >= 4 is 21.5 Å². The molecule has 0 saturated heterocycles. The zero-order valence-electron chi connectivity index (χ0n) is 16.4. The van der Waals surface area contributed by atoms with Gasteiger partial charge < -0.3 is 0 Å². The fourth-order valence-electron chi connectivity index (χ4n) is 3.78. The Labute approximate surface area is 167 Å². The molecule has 0 nitrogen and oxygen atoms in total. The van der Waals surface area contributed by atoms with Crippen LogP contribution >= 0.6 is 0 Å². The Morgan fingerprint density at radius 2 is 0.821 bits per heavy atom. The lowest BCUT2D eigenvalue weighted by Gasteiger charge is -2.12. The van der Waals surface area contributed by atoms with Crippen LogP contribution in [0.15, 0.2) is 109 Å². The lowest BCUT2D eigenvalue weighted by molar-refractivity contribution is 1.50. The van der Waals surface area contributed by atoms with Gasteiger partial charge in [-0.2, -0.15) is 0 Å². The predicted molar refractivity (Wildman–Crippen MR) is 124 cm³/mol. The summed E-state index contributed by atoms with van der Waals surface area (Å²) in [5.41, 5.74) is 5.08. The van der Waals surface area contributed by atoms with Crippen LogP contribution < -0.4 is 0 Å². The molecule has 0 aliphatic rings. The lowest BCUT2D eigenvalue weighted by Crippen LogP contribution is -1.86. The molecule has 0 bridgehead atoms. The third-order valence-corrected chi connectivity index (χ3v) is 5.05. The van der Waals surface area contributed by atoms with Gasteiger partial charge in [0.25, 0.3) is 0 Å². The highest BCUT2D eigenvalue weighted by atomic mass is 14.1. The first-order chi connectivity index (χ1) is 13.9. The van der Waals surface area contributed by atoms with Crippen molar-refractivity contribution in [3.8, 4) is 22.3 Å². The van der Waals surface area contributed by atoms with Gasteiger partial charge in [-0.3, -0.25) is 0 Å². The zero-order valence-corrected chi connectivity index (χ0v) is 16.4. The van der Waals surface area contributed by atoms with Crippen LogP contribution in [-0.2, 0) is 0 Å². The van der Waals surface area contributed by atoms with E-state index in [1.807, 2.05) is 13.8 Å². The Morgan fingerprint density at radius 3 is 1.39 bits per heavy atom. The summed E-state index contributed by atoms with van der Waals surface area (Å²) in [6, 6.07) is 39.1. The molecule has 0 radical (unpaired) electrons. The van der Waals surface area contributed by atoms with Crippen molar-refractivity contribution in [2.75, 3.05) is 0 Å². The van der Waals surface area contributed by atoms with Gasteiger partial charge in [0.2, 0.25) is 0 Å². The van der Waals surface area contributed by atoms with Crippen molar-refractivity contribution in [1.82, 2.24) is 0 Å². The first-order valence-corrected chi connectivity index (χ1v) is 9.96. The van der Waals surface area contributed by atoms with Gasteiger partial charge in [-0.1, -0.05) is 117 Å². The normalized spacial score (nSPS) is 10.5. The quantitative estimate of drug-likeness (QED) is 0.277. The summed E-state index contributed by atoms with van der Waals surface area (Å²) in [7, 11) is 0. The van der Waals surface area contributed by atoms with Gasteiger partial charge in [-0.05, 0) is 49.9 Å². The number of hydrogen-bond donors (Lipinski definition) is 0. The molecule has 0 atom stereocenters. The molecule has 5 aromatic rings. The van der Waals surface area contributed by atoms with E-state index in [1.54, 1.807) is 0 Å². The van der Waals surface area contributed by atoms with Gasteiger partial charge in [0.15, 0.2) is 0 Å². The number of benzene rings is 5. The molecular weight excluding hydrogens is 336 g/mol. The van der Waals surface area contributed by atoms with Crippen LogP contribution in [0.3, 0.4) is 0 Å². The Kier molecular flexibility index (Phi) is 5.21. The lowest BCUT2D eigenvalue weighted by atomic mass is 9.91. The van der Waals surface area contributed by atoms with Crippen LogP contribution in [0, 0.1) is 0 Å². The van der Waals surface area contributed by atoms with E-state index in [0.717, 1.165) is 0 Å². The first kappa shape index (κ1) is 18.0. The Hall–Kier alpha value is -3.38. The minimum Gasteiger partial charge on any atom is -0.0683 e. The first-order valence-electron chi connectivity index (χ1n) is 9.96. The monoisotopic (exact) mass is 360 g/mol. The number of hydrogen-bond acceptors (Lipinski definition) is 0. The van der Waals surface area contributed by atoms with Gasteiger partial charge in [0, 0.05) is 0 Å². The largest absolute Gasteiger partial charge is 0.0683 e. The highest BCUT2D eigenvalue weighted by molar-refractivity contribution is 6.12. The van der Waals surface area contributed by atoms with E-state index in [2.05, 4.69) is 109 Å². The van der Waals surface area contributed by atoms with Crippen molar-refractivity contribution < 1.29 is 0 Å². The second-order valence-corrected chi connectivity index (χ2v) is 6.64. The molecule has 0 aliphatic heterocycles. The summed E-state index contributed by atoms with van der Waals surface area (Å²) >= 11 is 0. The molecule has 0 heteroatoms. The minimum atomic E-state index is 1.25. The molecule has 0 N–H and O–H groups in total. The fraction of sp³-hybridized carbons (Fsp3) is 0.0714. The average Bonchev–Trinajstić information content (AvgIpc) is 2.79. The molecule has 0 saturated carbocycles. The van der Waals surface area contributed by atoms with Crippen molar-refractivity contribution in [3.63, 3.8) is 0 Å². The van der Waals surface area contributed by atoms with E-state index in [4.69, 9.17) is 0 Å². The maximum absolute atomic E-state index is 2.28. The van der Waals surface area contributed by atoms with Gasteiger partial charge in [0.1, 0.15) is 0 Å². The summed E-state index contributed by atoms with van der Waals surface area (Å²) in [6.45, 7) is 4.00. The fourth-order valence-corrected chi connectivity index (χ4v) is 3.78. The average molecular weight is 361 g/mol. The smallest absolute Gasteiger partial charge is 0.00268 e. The van der Waals surface area contributed by atoms with E-state index in [0.29, 0.717) is 0 Å². The van der Waals surface area contributed by atoms with E-state index in [1.165, 1.54) is 43.8 Å². The van der Waals surface area contributed by atoms with Gasteiger partial charge in [0.05, 0.1) is 0 Å². The molecule has 0 heterocycles. The Balaban J connectivity index is 0.000000932. The van der Waals surface area contributed by atoms with E-state index in [-0.39, 0.29) is 0 Å². The summed E-state index contributed by atoms with van der Waals surface area (Å²) < 4.78 is 0. The molecule has 0 unspecified atom stereocenters. The summed E-state index contributed by atoms with van der Waals surface area (Å²) in [6.07, 6.45) is 0. The molecule has 136 valence electrons. The summed E-state index contributed by atoms with van der Waals surface area (Å²) in [5.74, 6) is 0. The third-order valence-electron chi connectivity index (χ3n) is 5.05. The molecule has 0 aromatic heterocycles. The van der Waals surface area contributed by atoms with E-state index >= 15 is 0 Å². The summed E-state index contributed by atoms with van der Waals surface area (Å²) in [5, 5.41) is 5.18. The number of rotatable bonds is 2. The van der Waals surface area contributed by atoms with Crippen LogP contribution in [-0.4, -0.2) is 0 Å². The van der Waals surface area contributed by atoms with Crippen LogP contribution in [0.2, 0.25) is 0 Å². The summed E-state index contributed by atoms with van der Waals surface area (Å²) in [4.78, 5) is 0. The van der Waals surface area contributed by atoms with E-state index < -0.39 is 0 Å².